The number of allylic oxidation sites excluding steroid dienone is 4. The lowest BCUT2D eigenvalue weighted by Gasteiger charge is -2.21. The minimum Gasteiger partial charge on any atom is -0.466 e. The third kappa shape index (κ3) is 35.6. The number of carbonyl (C=O) groups is 2. The van der Waals surface area contributed by atoms with Gasteiger partial charge in [0, 0.05) is 39.0 Å². The lowest BCUT2D eigenvalue weighted by Crippen LogP contribution is -2.29. The van der Waals surface area contributed by atoms with Crippen LogP contribution in [0.15, 0.2) is 24.3 Å². The molecule has 0 heterocycles. The van der Waals surface area contributed by atoms with Crippen LogP contribution in [0.3, 0.4) is 0 Å². The molecular weight excluding hydrogens is 630 g/mol. The molecule has 1 N–H and O–H groups in total. The molecule has 0 fully saturated rings. The molecule has 0 aliphatic carbocycles. The first-order chi connectivity index (χ1) is 24.6. The van der Waals surface area contributed by atoms with Gasteiger partial charge in [0.2, 0.25) is 0 Å². The zero-order valence-electron chi connectivity index (χ0n) is 32.4. The van der Waals surface area contributed by atoms with E-state index in [1.54, 1.807) is 0 Å². The molecule has 0 unspecified atom stereocenters. The van der Waals surface area contributed by atoms with Crippen LogP contribution in [0.2, 0.25) is 0 Å². The van der Waals surface area contributed by atoms with Gasteiger partial charge in [-0.2, -0.15) is 0 Å². The lowest BCUT2D eigenvalue weighted by atomic mass is 10.1. The van der Waals surface area contributed by atoms with Gasteiger partial charge in [0.15, 0.2) is 12.9 Å². The second kappa shape index (κ2) is 39.6. The highest BCUT2D eigenvalue weighted by atomic mass is 16.7. The number of rotatable bonds is 36. The minimum absolute atomic E-state index is 0.156. The summed E-state index contributed by atoms with van der Waals surface area (Å²) >= 11 is 0. The molecule has 0 atom stereocenters. The summed E-state index contributed by atoms with van der Waals surface area (Å²) < 4.78 is 22.7. The van der Waals surface area contributed by atoms with Crippen LogP contribution in [0.25, 0.3) is 0 Å². The van der Waals surface area contributed by atoms with Gasteiger partial charge in [-0.05, 0) is 96.6 Å². The number of unbranched alkanes of at least 4 members (excludes halogenated alkanes) is 12. The van der Waals surface area contributed by atoms with Crippen molar-refractivity contribution in [2.24, 2.45) is 0 Å². The van der Waals surface area contributed by atoms with Crippen LogP contribution in [-0.4, -0.2) is 80.9 Å². The Morgan fingerprint density at radius 1 is 0.620 bits per heavy atom. The van der Waals surface area contributed by atoms with Crippen molar-refractivity contribution in [1.82, 2.24) is 4.90 Å². The largest absolute Gasteiger partial charge is 0.466 e. The highest BCUT2D eigenvalue weighted by Crippen LogP contribution is 2.12. The first-order valence-electron chi connectivity index (χ1n) is 20.2. The van der Waals surface area contributed by atoms with Gasteiger partial charge in [0.1, 0.15) is 0 Å². The van der Waals surface area contributed by atoms with E-state index in [1.807, 2.05) is 0 Å². The fourth-order valence-corrected chi connectivity index (χ4v) is 5.29. The molecule has 0 aliphatic rings. The molecule has 0 radical (unpaired) electrons. The second-order valence-corrected chi connectivity index (χ2v) is 12.9. The molecular formula is C42H75NO7. The van der Waals surface area contributed by atoms with E-state index in [0.717, 1.165) is 135 Å². The van der Waals surface area contributed by atoms with Gasteiger partial charge in [-0.15, -0.1) is 0 Å². The normalized spacial score (nSPS) is 11.6. The Bertz CT molecular complexity index is 855. The van der Waals surface area contributed by atoms with Crippen molar-refractivity contribution in [2.75, 3.05) is 52.7 Å². The summed E-state index contributed by atoms with van der Waals surface area (Å²) in [5, 5.41) is 9.49. The van der Waals surface area contributed by atoms with Crippen LogP contribution >= 0.6 is 0 Å². The molecule has 0 bridgehead atoms. The Morgan fingerprint density at radius 2 is 1.18 bits per heavy atom. The molecule has 290 valence electrons. The third-order valence-corrected chi connectivity index (χ3v) is 8.24. The number of carbonyl (C=O) groups excluding carboxylic acids is 2. The molecule has 0 aliphatic heterocycles. The molecule has 0 rings (SSSR count). The fourth-order valence-electron chi connectivity index (χ4n) is 5.29. The maximum atomic E-state index is 12.4. The number of hydrogen-bond donors (Lipinski definition) is 1. The summed E-state index contributed by atoms with van der Waals surface area (Å²) in [6.07, 6.45) is 29.3. The van der Waals surface area contributed by atoms with Crippen molar-refractivity contribution in [1.29, 1.82) is 0 Å². The topological polar surface area (TPSA) is 94.5 Å². The number of nitrogens with zero attached hydrogens (tertiary/aromatic N) is 1. The SMILES string of the molecule is CC/C=C\CCCCOC(CCC(=O)OCCCCCCN(CCO)CCCCCCCC(=O)OCC#CCCC)OCCCC/C=C\CC. The maximum Gasteiger partial charge on any atom is 0.306 e. The molecule has 0 aromatic carbocycles. The van der Waals surface area contributed by atoms with E-state index in [2.05, 4.69) is 61.8 Å². The Hall–Kier alpha value is -2.18. The molecule has 0 spiro atoms. The average Bonchev–Trinajstić information content (AvgIpc) is 3.11. The monoisotopic (exact) mass is 706 g/mol. The lowest BCUT2D eigenvalue weighted by molar-refractivity contribution is -0.159. The van der Waals surface area contributed by atoms with Gasteiger partial charge < -0.3 is 29.0 Å². The Balaban J connectivity index is 4.05. The van der Waals surface area contributed by atoms with Crippen LogP contribution in [0, 0.1) is 11.8 Å². The minimum atomic E-state index is -0.363. The molecule has 0 saturated carbocycles. The van der Waals surface area contributed by atoms with Gasteiger partial charge in [-0.3, -0.25) is 9.59 Å². The van der Waals surface area contributed by atoms with E-state index < -0.39 is 0 Å². The van der Waals surface area contributed by atoms with Crippen LogP contribution < -0.4 is 0 Å². The van der Waals surface area contributed by atoms with E-state index in [-0.39, 0.29) is 31.4 Å². The van der Waals surface area contributed by atoms with Crippen LogP contribution in [0.1, 0.15) is 162 Å². The smallest absolute Gasteiger partial charge is 0.306 e. The predicted molar refractivity (Wildman–Crippen MR) is 206 cm³/mol. The van der Waals surface area contributed by atoms with Crippen LogP contribution in [0.4, 0.5) is 0 Å². The van der Waals surface area contributed by atoms with Crippen LogP contribution in [0.5, 0.6) is 0 Å². The van der Waals surface area contributed by atoms with Gasteiger partial charge in [-0.25, -0.2) is 0 Å². The first-order valence-corrected chi connectivity index (χ1v) is 20.2. The Labute approximate surface area is 307 Å². The predicted octanol–water partition coefficient (Wildman–Crippen LogP) is 9.48. The third-order valence-electron chi connectivity index (χ3n) is 8.24. The first kappa shape index (κ1) is 47.8. The van der Waals surface area contributed by atoms with Gasteiger partial charge in [0.25, 0.3) is 0 Å². The van der Waals surface area contributed by atoms with Crippen molar-refractivity contribution in [2.45, 2.75) is 168 Å². The number of esters is 2. The summed E-state index contributed by atoms with van der Waals surface area (Å²) in [4.78, 5) is 26.5. The summed E-state index contributed by atoms with van der Waals surface area (Å²) in [5.74, 6) is 5.52. The highest BCUT2D eigenvalue weighted by molar-refractivity contribution is 5.69. The average molecular weight is 706 g/mol. The maximum absolute atomic E-state index is 12.4. The van der Waals surface area contributed by atoms with Crippen molar-refractivity contribution in [3.8, 4) is 11.8 Å². The second-order valence-electron chi connectivity index (χ2n) is 12.9. The standard InChI is InChI=1S/C42H75NO7/c1-4-7-10-13-19-27-38-49-42(50-39-28-20-14-11-8-5-2)31-30-41(46)48-37-26-21-18-24-33-43(34-35-44)32-23-17-15-16-22-29-40(45)47-36-25-12-9-6-3/h7-8,10-11,42,44H,4-6,9,13-24,26-39H2,1-3H3/b10-7-,11-8-. The van der Waals surface area contributed by atoms with Crippen molar-refractivity contribution < 1.29 is 33.6 Å². The van der Waals surface area contributed by atoms with E-state index in [1.165, 1.54) is 0 Å². The molecule has 0 aromatic rings. The zero-order chi connectivity index (χ0) is 36.6. The molecule has 0 saturated heterocycles. The number of aliphatic hydroxyl groups excluding tert-OH is 1. The Morgan fingerprint density at radius 3 is 1.78 bits per heavy atom. The van der Waals surface area contributed by atoms with Crippen LogP contribution in [-0.2, 0) is 28.5 Å². The summed E-state index contributed by atoms with van der Waals surface area (Å²) in [6.45, 7) is 11.1. The number of hydrogen-bond acceptors (Lipinski definition) is 8. The Kier molecular flexibility index (Phi) is 37.9. The molecule has 0 aromatic heterocycles. The molecule has 8 nitrogen and oxygen atoms in total. The van der Waals surface area contributed by atoms with Gasteiger partial charge >= 0.3 is 11.9 Å². The van der Waals surface area contributed by atoms with Gasteiger partial charge in [-0.1, -0.05) is 89.0 Å². The summed E-state index contributed by atoms with van der Waals surface area (Å²) in [5.41, 5.74) is 0. The van der Waals surface area contributed by atoms with E-state index >= 15 is 0 Å². The quantitative estimate of drug-likeness (QED) is 0.0227. The van der Waals surface area contributed by atoms with E-state index in [4.69, 9.17) is 18.9 Å². The number of aliphatic hydroxyl groups is 1. The van der Waals surface area contributed by atoms with E-state index in [0.29, 0.717) is 45.6 Å². The summed E-state index contributed by atoms with van der Waals surface area (Å²) in [7, 11) is 0. The van der Waals surface area contributed by atoms with E-state index in [9.17, 15) is 14.7 Å². The number of ether oxygens (including phenoxy) is 4. The van der Waals surface area contributed by atoms with Crippen molar-refractivity contribution in [3.63, 3.8) is 0 Å². The highest BCUT2D eigenvalue weighted by Gasteiger charge is 2.13. The van der Waals surface area contributed by atoms with Gasteiger partial charge in [0.05, 0.1) is 19.6 Å². The molecule has 8 heteroatoms. The molecule has 50 heavy (non-hydrogen) atoms. The zero-order valence-corrected chi connectivity index (χ0v) is 32.4. The van der Waals surface area contributed by atoms with Crippen molar-refractivity contribution in [3.05, 3.63) is 24.3 Å². The molecule has 0 amide bonds. The van der Waals surface area contributed by atoms with Crippen molar-refractivity contribution >= 4 is 11.9 Å². The fraction of sp³-hybridized carbons (Fsp3) is 0.810. The summed E-state index contributed by atoms with van der Waals surface area (Å²) in [6, 6.07) is 0.